The zero-order valence-electron chi connectivity index (χ0n) is 11.1. The third kappa shape index (κ3) is 7.80. The average molecular weight is 237 g/mol. The number of carboxylic acid groups (broad SMARTS) is 1. The molecule has 0 aromatic carbocycles. The van der Waals surface area contributed by atoms with Gasteiger partial charge in [0.2, 0.25) is 11.8 Å². The van der Waals surface area contributed by atoms with Crippen LogP contribution in [0, 0.1) is 0 Å². The van der Waals surface area contributed by atoms with E-state index in [0.717, 1.165) is 6.92 Å². The number of aliphatic carboxylic acids is 1. The standard InChI is InChI=1S/C8H14N2O4S/c1-5(11)10-6(8(13)14)4-15-3-2-7(9)12/h6H,2-4H2,1H3,(H2,9,12)(H,10,11)(H,13,14)/t6-/m0/s1/i4D,6D/hD/t4?,6-. The number of hydrogen-bond donors (Lipinski definition) is 3. The largest absolute Gasteiger partial charge is 0.480 e. The molecule has 0 saturated carbocycles. The molecule has 0 aliphatic carbocycles. The molecular formula is C8H14N2O4S. The van der Waals surface area contributed by atoms with Crippen molar-refractivity contribution in [1.29, 1.82) is 0 Å². The van der Waals surface area contributed by atoms with Gasteiger partial charge in [-0.3, -0.25) is 9.59 Å². The van der Waals surface area contributed by atoms with Gasteiger partial charge in [-0.15, -0.1) is 0 Å². The molecule has 2 amide bonds. The second-order valence-electron chi connectivity index (χ2n) is 2.53. The van der Waals surface area contributed by atoms with Crippen molar-refractivity contribution >= 4 is 29.5 Å². The van der Waals surface area contributed by atoms with Crippen molar-refractivity contribution in [3.63, 3.8) is 0 Å². The van der Waals surface area contributed by atoms with Crippen LogP contribution in [0.2, 0.25) is 1.41 Å². The number of thioether (sulfide) groups is 1. The van der Waals surface area contributed by atoms with Gasteiger partial charge in [0.25, 0.3) is 0 Å². The van der Waals surface area contributed by atoms with Crippen LogP contribution in [0.25, 0.3) is 0 Å². The van der Waals surface area contributed by atoms with E-state index in [9.17, 15) is 14.4 Å². The Morgan fingerprint density at radius 3 is 2.73 bits per heavy atom. The number of rotatable bonds is 7. The van der Waals surface area contributed by atoms with Gasteiger partial charge in [-0.2, -0.15) is 11.8 Å². The fourth-order valence-electron chi connectivity index (χ4n) is 0.592. The zero-order valence-corrected chi connectivity index (χ0v) is 8.91. The van der Waals surface area contributed by atoms with Gasteiger partial charge in [-0.1, -0.05) is 0 Å². The SMILES string of the molecule is [2H]C(SCCC(N)=O)[C@@]([2H])(C(=O)O)N([2H])C(C)=O. The van der Waals surface area contributed by atoms with Gasteiger partial charge in [0.15, 0.2) is 1.41 Å². The molecular weight excluding hydrogens is 220 g/mol. The molecule has 0 fully saturated rings. The Hall–Kier alpha value is -1.24. The van der Waals surface area contributed by atoms with Crippen molar-refractivity contribution in [2.24, 2.45) is 5.73 Å². The highest BCUT2D eigenvalue weighted by Crippen LogP contribution is 2.05. The highest BCUT2D eigenvalue weighted by Gasteiger charge is 2.17. The van der Waals surface area contributed by atoms with Crippen LogP contribution in [0.3, 0.4) is 0 Å². The van der Waals surface area contributed by atoms with E-state index in [2.05, 4.69) is 0 Å². The molecule has 0 aromatic heterocycles. The molecule has 1 unspecified atom stereocenters. The fourth-order valence-corrected chi connectivity index (χ4v) is 1.34. The van der Waals surface area contributed by atoms with Crippen LogP contribution >= 0.6 is 11.8 Å². The molecule has 0 aromatic rings. The summed E-state index contributed by atoms with van der Waals surface area (Å²) >= 11 is 0.669. The maximum absolute atomic E-state index is 11.0. The summed E-state index contributed by atoms with van der Waals surface area (Å²) in [5.74, 6) is -3.31. The quantitative estimate of drug-likeness (QED) is 0.536. The number of amides is 2. The predicted molar refractivity (Wildman–Crippen MR) is 56.4 cm³/mol. The number of nitrogens with two attached hydrogens (primary N) is 1. The maximum Gasteiger partial charge on any atom is 0.327 e. The average Bonchev–Trinajstić information content (AvgIpc) is 2.25. The third-order valence-corrected chi connectivity index (χ3v) is 1.99. The number of hydrogen-bond acceptors (Lipinski definition) is 4. The normalized spacial score (nSPS) is 18.9. The summed E-state index contributed by atoms with van der Waals surface area (Å²) < 4.78 is 22.4. The number of primary amides is 1. The molecule has 0 aliphatic heterocycles. The summed E-state index contributed by atoms with van der Waals surface area (Å²) in [6.45, 7) is 0.931. The summed E-state index contributed by atoms with van der Waals surface area (Å²) in [5, 5.41) is 8.84. The Morgan fingerprint density at radius 2 is 2.33 bits per heavy atom. The first-order chi connectivity index (χ1) is 8.13. The summed E-state index contributed by atoms with van der Waals surface area (Å²) in [7, 11) is 0. The molecule has 0 aliphatic rings. The van der Waals surface area contributed by atoms with Crippen LogP contribution in [0.5, 0.6) is 0 Å². The van der Waals surface area contributed by atoms with Crippen molar-refractivity contribution in [2.75, 3.05) is 11.5 Å². The number of carboxylic acids is 1. The summed E-state index contributed by atoms with van der Waals surface area (Å²) in [6.07, 6.45) is -0.0756. The van der Waals surface area contributed by atoms with Crippen LogP contribution < -0.4 is 11.0 Å². The minimum atomic E-state index is -2.73. The summed E-state index contributed by atoms with van der Waals surface area (Å²) in [4.78, 5) is 32.4. The highest BCUT2D eigenvalue weighted by atomic mass is 32.2. The van der Waals surface area contributed by atoms with Crippen molar-refractivity contribution in [3.8, 4) is 0 Å². The van der Waals surface area contributed by atoms with Crippen LogP contribution in [0.15, 0.2) is 0 Å². The molecule has 0 heterocycles. The van der Waals surface area contributed by atoms with Gasteiger partial charge >= 0.3 is 5.97 Å². The Bertz CT molecular complexity index is 357. The first kappa shape index (κ1) is 9.02. The van der Waals surface area contributed by atoms with Gasteiger partial charge in [-0.05, 0) is 0 Å². The van der Waals surface area contributed by atoms with E-state index in [-0.39, 0.29) is 17.5 Å². The van der Waals surface area contributed by atoms with E-state index >= 15 is 0 Å². The number of carbonyl (C=O) groups excluding carboxylic acids is 2. The van der Waals surface area contributed by atoms with E-state index in [1.54, 1.807) is 0 Å². The molecule has 0 spiro atoms. The first-order valence-corrected chi connectivity index (χ1v) is 5.04. The maximum atomic E-state index is 11.0. The topological polar surface area (TPSA) is 109 Å². The number of carbonyl (C=O) groups is 3. The second-order valence-corrected chi connectivity index (χ2v) is 3.50. The second kappa shape index (κ2) is 7.10. The van der Waals surface area contributed by atoms with Crippen molar-refractivity contribution in [1.82, 2.24) is 5.31 Å². The van der Waals surface area contributed by atoms with Crippen molar-refractivity contribution in [3.05, 3.63) is 0 Å². The van der Waals surface area contributed by atoms with Crippen LogP contribution in [-0.2, 0) is 14.4 Å². The van der Waals surface area contributed by atoms with E-state index < -0.39 is 29.5 Å². The van der Waals surface area contributed by atoms with E-state index in [0.29, 0.717) is 11.8 Å². The Morgan fingerprint density at radius 1 is 1.73 bits per heavy atom. The lowest BCUT2D eigenvalue weighted by molar-refractivity contribution is -0.140. The third-order valence-electron chi connectivity index (χ3n) is 1.16. The lowest BCUT2D eigenvalue weighted by Gasteiger charge is -2.12. The Balaban J connectivity index is 4.83. The molecule has 0 saturated heterocycles. The molecule has 0 bridgehead atoms. The van der Waals surface area contributed by atoms with Crippen LogP contribution in [0.4, 0.5) is 0 Å². The highest BCUT2D eigenvalue weighted by molar-refractivity contribution is 7.99. The van der Waals surface area contributed by atoms with Crippen LogP contribution in [-0.4, -0.2) is 40.4 Å². The van der Waals surface area contributed by atoms with Crippen molar-refractivity contribution < 1.29 is 23.6 Å². The van der Waals surface area contributed by atoms with Gasteiger partial charge in [0.05, 0.1) is 1.37 Å². The number of nitrogens with one attached hydrogen (secondary N) is 1. The Labute approximate surface area is 95.9 Å². The molecule has 4 N–H and O–H groups in total. The van der Waals surface area contributed by atoms with Gasteiger partial charge in [0, 0.05) is 26.2 Å². The molecule has 2 atom stereocenters. The molecule has 86 valence electrons. The Kier molecular flexibility index (Phi) is 4.27. The molecule has 7 heteroatoms. The molecule has 15 heavy (non-hydrogen) atoms. The first-order valence-electron chi connectivity index (χ1n) is 5.51. The zero-order chi connectivity index (χ0) is 14.5. The fraction of sp³-hybridized carbons (Fsp3) is 0.625. The van der Waals surface area contributed by atoms with Crippen LogP contribution in [0.1, 0.15) is 16.1 Å². The minimum Gasteiger partial charge on any atom is -0.480 e. The summed E-state index contributed by atoms with van der Waals surface area (Å²) in [5.41, 5.74) is 3.25. The van der Waals surface area contributed by atoms with Crippen molar-refractivity contribution in [2.45, 2.75) is 19.4 Å². The van der Waals surface area contributed by atoms with E-state index in [1.165, 1.54) is 0 Å². The monoisotopic (exact) mass is 237 g/mol. The lowest BCUT2D eigenvalue weighted by Crippen LogP contribution is -2.41. The smallest absolute Gasteiger partial charge is 0.327 e. The van der Waals surface area contributed by atoms with Gasteiger partial charge in [0.1, 0.15) is 6.02 Å². The van der Waals surface area contributed by atoms with E-state index in [1.807, 2.05) is 0 Å². The molecule has 6 nitrogen and oxygen atoms in total. The lowest BCUT2D eigenvalue weighted by atomic mass is 10.3. The van der Waals surface area contributed by atoms with Gasteiger partial charge < -0.3 is 16.2 Å². The van der Waals surface area contributed by atoms with Gasteiger partial charge in [-0.25, -0.2) is 4.79 Å². The molecule has 0 rings (SSSR count). The summed E-state index contributed by atoms with van der Waals surface area (Å²) in [6, 6.07) is -2.73. The molecule has 0 radical (unpaired) electrons. The van der Waals surface area contributed by atoms with E-state index in [4.69, 9.17) is 15.0 Å². The minimum absolute atomic E-state index is 0.0448. The predicted octanol–water partition coefficient (Wildman–Crippen LogP) is -0.816.